The molecule has 0 saturated carbocycles. The topological polar surface area (TPSA) is 46.5 Å². The van der Waals surface area contributed by atoms with E-state index < -0.39 is 12.1 Å². The monoisotopic (exact) mass is 208 g/mol. The van der Waals surface area contributed by atoms with E-state index >= 15 is 0 Å². The highest BCUT2D eigenvalue weighted by Crippen LogP contribution is 2.15. The predicted molar refractivity (Wildman–Crippen MR) is 57.6 cm³/mol. The molecule has 0 aliphatic rings. The summed E-state index contributed by atoms with van der Waals surface area (Å²) in [5.41, 5.74) is 3.17. The summed E-state index contributed by atoms with van der Waals surface area (Å²) >= 11 is 0. The van der Waals surface area contributed by atoms with Crippen molar-refractivity contribution in [3.63, 3.8) is 0 Å². The van der Waals surface area contributed by atoms with E-state index in [0.29, 0.717) is 6.42 Å². The van der Waals surface area contributed by atoms with Crippen LogP contribution >= 0.6 is 0 Å². The zero-order valence-electron chi connectivity index (χ0n) is 9.28. The van der Waals surface area contributed by atoms with Crippen LogP contribution in [0.4, 0.5) is 0 Å². The summed E-state index contributed by atoms with van der Waals surface area (Å²) in [6, 6.07) is 5.89. The smallest absolute Gasteiger partial charge is 0.335 e. The minimum atomic E-state index is -1.07. The summed E-state index contributed by atoms with van der Waals surface area (Å²) in [6.07, 6.45) is -0.764. The van der Waals surface area contributed by atoms with Crippen molar-refractivity contribution in [1.82, 2.24) is 0 Å². The highest BCUT2D eigenvalue weighted by Gasteiger charge is 2.17. The lowest BCUT2D eigenvalue weighted by molar-refractivity contribution is -0.150. The first-order valence-corrected chi connectivity index (χ1v) is 4.87. The molecule has 0 spiro atoms. The Morgan fingerprint density at radius 2 is 1.93 bits per heavy atom. The second-order valence-corrected chi connectivity index (χ2v) is 3.61. The van der Waals surface area contributed by atoms with Gasteiger partial charge < -0.3 is 9.84 Å². The average molecular weight is 208 g/mol. The van der Waals surface area contributed by atoms with Crippen molar-refractivity contribution in [3.8, 4) is 0 Å². The zero-order valence-corrected chi connectivity index (χ0v) is 9.28. The van der Waals surface area contributed by atoms with E-state index in [1.807, 2.05) is 32.0 Å². The van der Waals surface area contributed by atoms with Gasteiger partial charge in [0.25, 0.3) is 0 Å². The molecule has 0 saturated heterocycles. The lowest BCUT2D eigenvalue weighted by atomic mass is 9.97. The third-order valence-electron chi connectivity index (χ3n) is 2.52. The van der Waals surface area contributed by atoms with Gasteiger partial charge in [0.1, 0.15) is 0 Å². The van der Waals surface area contributed by atoms with Crippen LogP contribution in [0.1, 0.15) is 16.7 Å². The van der Waals surface area contributed by atoms with Crippen molar-refractivity contribution in [2.24, 2.45) is 0 Å². The van der Waals surface area contributed by atoms with E-state index in [9.17, 15) is 9.90 Å². The Balaban J connectivity index is 2.85. The maximum absolute atomic E-state index is 11.1. The number of esters is 1. The van der Waals surface area contributed by atoms with Gasteiger partial charge >= 0.3 is 5.97 Å². The van der Waals surface area contributed by atoms with Crippen molar-refractivity contribution < 1.29 is 14.6 Å². The molecule has 0 radical (unpaired) electrons. The largest absolute Gasteiger partial charge is 0.467 e. The van der Waals surface area contributed by atoms with Crippen LogP contribution in [0.25, 0.3) is 0 Å². The molecule has 0 amide bonds. The number of hydrogen-bond acceptors (Lipinski definition) is 3. The molecule has 15 heavy (non-hydrogen) atoms. The highest BCUT2D eigenvalue weighted by molar-refractivity contribution is 5.74. The van der Waals surface area contributed by atoms with Crippen LogP contribution < -0.4 is 0 Å². The van der Waals surface area contributed by atoms with Crippen LogP contribution in [0.5, 0.6) is 0 Å². The minimum absolute atomic E-state index is 0.311. The lowest BCUT2D eigenvalue weighted by Gasteiger charge is -2.12. The number of carbonyl (C=O) groups is 1. The summed E-state index contributed by atoms with van der Waals surface area (Å²) < 4.78 is 4.48. The fourth-order valence-corrected chi connectivity index (χ4v) is 1.58. The van der Waals surface area contributed by atoms with Crippen LogP contribution in [0.3, 0.4) is 0 Å². The van der Waals surface area contributed by atoms with Gasteiger partial charge in [-0.25, -0.2) is 4.79 Å². The molecule has 1 rings (SSSR count). The fourth-order valence-electron chi connectivity index (χ4n) is 1.58. The number of carbonyl (C=O) groups excluding carboxylic acids is 1. The van der Waals surface area contributed by atoms with Gasteiger partial charge in [-0.2, -0.15) is 0 Å². The van der Waals surface area contributed by atoms with Crippen molar-refractivity contribution >= 4 is 5.97 Å². The molecule has 1 atom stereocenters. The lowest BCUT2D eigenvalue weighted by Crippen LogP contribution is -2.24. The molecule has 1 N–H and O–H groups in total. The number of aliphatic hydroxyl groups is 1. The first-order chi connectivity index (χ1) is 7.06. The van der Waals surface area contributed by atoms with E-state index in [2.05, 4.69) is 4.74 Å². The third-order valence-corrected chi connectivity index (χ3v) is 2.52. The Hall–Kier alpha value is -1.35. The van der Waals surface area contributed by atoms with E-state index in [4.69, 9.17) is 0 Å². The van der Waals surface area contributed by atoms with Crippen molar-refractivity contribution in [2.75, 3.05) is 7.11 Å². The molecule has 3 heteroatoms. The summed E-state index contributed by atoms with van der Waals surface area (Å²) in [7, 11) is 1.27. The molecular weight excluding hydrogens is 192 g/mol. The van der Waals surface area contributed by atoms with Crippen molar-refractivity contribution in [3.05, 3.63) is 34.9 Å². The molecule has 0 fully saturated rings. The second kappa shape index (κ2) is 4.94. The number of aliphatic hydroxyl groups excluding tert-OH is 1. The van der Waals surface area contributed by atoms with E-state index in [-0.39, 0.29) is 0 Å². The van der Waals surface area contributed by atoms with Gasteiger partial charge in [0.15, 0.2) is 6.10 Å². The number of methoxy groups -OCH3 is 1. The standard InChI is InChI=1S/C12H16O3/c1-8-5-4-6-9(2)10(8)7-11(13)12(14)15-3/h4-6,11,13H,7H2,1-3H3/t11-/m0/s1. The second-order valence-electron chi connectivity index (χ2n) is 3.61. The number of rotatable bonds is 3. The minimum Gasteiger partial charge on any atom is -0.467 e. The first kappa shape index (κ1) is 11.7. The maximum Gasteiger partial charge on any atom is 0.335 e. The average Bonchev–Trinajstić information content (AvgIpc) is 2.22. The van der Waals surface area contributed by atoms with Gasteiger partial charge in [-0.05, 0) is 30.5 Å². The molecule has 0 aromatic heterocycles. The molecule has 1 aromatic carbocycles. The Kier molecular flexibility index (Phi) is 3.86. The van der Waals surface area contributed by atoms with Gasteiger partial charge in [-0.15, -0.1) is 0 Å². The number of hydrogen-bond donors (Lipinski definition) is 1. The van der Waals surface area contributed by atoms with Crippen LogP contribution in [0.2, 0.25) is 0 Å². The van der Waals surface area contributed by atoms with Gasteiger partial charge in [-0.1, -0.05) is 18.2 Å². The third kappa shape index (κ3) is 2.80. The van der Waals surface area contributed by atoms with Crippen molar-refractivity contribution in [2.45, 2.75) is 26.4 Å². The molecule has 0 bridgehead atoms. The van der Waals surface area contributed by atoms with Crippen LogP contribution in [0, 0.1) is 13.8 Å². The Bertz CT molecular complexity index is 338. The van der Waals surface area contributed by atoms with Gasteiger partial charge in [0, 0.05) is 6.42 Å². The summed E-state index contributed by atoms with van der Waals surface area (Å²) in [5.74, 6) is -0.586. The normalized spacial score (nSPS) is 12.3. The van der Waals surface area contributed by atoms with E-state index in [1.54, 1.807) is 0 Å². The summed E-state index contributed by atoms with van der Waals surface area (Å²) in [4.78, 5) is 11.1. The zero-order chi connectivity index (χ0) is 11.4. The molecule has 3 nitrogen and oxygen atoms in total. The molecule has 1 aromatic rings. The summed E-state index contributed by atoms with van der Waals surface area (Å²) in [5, 5.41) is 9.55. The predicted octanol–water partition coefficient (Wildman–Crippen LogP) is 1.38. The summed E-state index contributed by atoms with van der Waals surface area (Å²) in [6.45, 7) is 3.93. The van der Waals surface area contributed by atoms with E-state index in [1.165, 1.54) is 7.11 Å². The van der Waals surface area contributed by atoms with Gasteiger partial charge in [0.05, 0.1) is 7.11 Å². The number of ether oxygens (including phenoxy) is 1. The molecule has 0 aliphatic heterocycles. The molecule has 82 valence electrons. The van der Waals surface area contributed by atoms with Gasteiger partial charge in [0.2, 0.25) is 0 Å². The maximum atomic E-state index is 11.1. The molecule has 0 heterocycles. The molecular formula is C12H16O3. The quantitative estimate of drug-likeness (QED) is 0.763. The Morgan fingerprint density at radius 3 is 2.40 bits per heavy atom. The number of benzene rings is 1. The Morgan fingerprint density at radius 1 is 1.40 bits per heavy atom. The molecule has 0 aliphatic carbocycles. The highest BCUT2D eigenvalue weighted by atomic mass is 16.5. The van der Waals surface area contributed by atoms with Crippen LogP contribution in [-0.2, 0) is 16.0 Å². The van der Waals surface area contributed by atoms with E-state index in [0.717, 1.165) is 16.7 Å². The Labute approximate surface area is 89.7 Å². The SMILES string of the molecule is COC(=O)[C@@H](O)Cc1c(C)cccc1C. The molecule has 0 unspecified atom stereocenters. The fraction of sp³-hybridized carbons (Fsp3) is 0.417. The van der Waals surface area contributed by atoms with Crippen molar-refractivity contribution in [1.29, 1.82) is 0 Å². The van der Waals surface area contributed by atoms with Crippen LogP contribution in [0.15, 0.2) is 18.2 Å². The number of aryl methyl sites for hydroxylation is 2. The first-order valence-electron chi connectivity index (χ1n) is 4.87. The van der Waals surface area contributed by atoms with Crippen LogP contribution in [-0.4, -0.2) is 24.3 Å². The van der Waals surface area contributed by atoms with Gasteiger partial charge in [-0.3, -0.25) is 0 Å².